The fraction of sp³-hybridized carbons (Fsp3) is 0.200. The van der Waals surface area contributed by atoms with Gasteiger partial charge in [0, 0.05) is 10.6 Å². The summed E-state index contributed by atoms with van der Waals surface area (Å²) < 4.78 is 4.31. The van der Waals surface area contributed by atoms with Crippen LogP contribution in [-0.2, 0) is 24.3 Å². The minimum Gasteiger partial charge on any atom is -0.321 e. The SMILES string of the molecule is O=C(C[n+]1cc(-c2ccc(Cl)cc2)n2c1CCC2)Nc1ccccc1Cl. The van der Waals surface area contributed by atoms with E-state index in [1.54, 1.807) is 12.1 Å². The standard InChI is InChI=1S/C20H17Cl2N3O/c21-15-9-7-14(8-10-15)18-12-24(20-6-3-11-25(18)20)13-19(26)23-17-5-2-1-4-16(17)22/h1-2,4-5,7-10,12H,3,6,11,13H2/p+1. The van der Waals surface area contributed by atoms with Crippen LogP contribution in [0.1, 0.15) is 12.2 Å². The first-order valence-corrected chi connectivity index (χ1v) is 9.29. The number of rotatable bonds is 4. The molecule has 1 N–H and O–H groups in total. The Morgan fingerprint density at radius 3 is 2.65 bits per heavy atom. The molecular formula is C20H18Cl2N3O+. The molecule has 0 saturated heterocycles. The first-order chi connectivity index (χ1) is 12.6. The van der Waals surface area contributed by atoms with Crippen LogP contribution < -0.4 is 9.88 Å². The number of carbonyl (C=O) groups is 1. The van der Waals surface area contributed by atoms with Gasteiger partial charge in [-0.3, -0.25) is 4.79 Å². The minimum atomic E-state index is -0.0916. The van der Waals surface area contributed by atoms with Crippen molar-refractivity contribution in [2.24, 2.45) is 0 Å². The van der Waals surface area contributed by atoms with E-state index in [1.807, 2.05) is 47.2 Å². The van der Waals surface area contributed by atoms with Gasteiger partial charge in [0.25, 0.3) is 11.7 Å². The van der Waals surface area contributed by atoms with E-state index in [0.717, 1.165) is 30.6 Å². The maximum absolute atomic E-state index is 12.5. The van der Waals surface area contributed by atoms with Crippen LogP contribution in [0.5, 0.6) is 0 Å². The lowest BCUT2D eigenvalue weighted by atomic mass is 10.2. The fourth-order valence-electron chi connectivity index (χ4n) is 3.40. The van der Waals surface area contributed by atoms with Crippen molar-refractivity contribution in [3.8, 4) is 11.3 Å². The number of anilines is 1. The second-order valence-corrected chi connectivity index (χ2v) is 7.19. The van der Waals surface area contributed by atoms with Crippen LogP contribution in [0.4, 0.5) is 5.69 Å². The van der Waals surface area contributed by atoms with Gasteiger partial charge in [0.15, 0.2) is 12.2 Å². The number of fused-ring (bicyclic) bond motifs is 1. The van der Waals surface area contributed by atoms with E-state index in [2.05, 4.69) is 9.88 Å². The van der Waals surface area contributed by atoms with Crippen molar-refractivity contribution in [2.45, 2.75) is 25.9 Å². The maximum Gasteiger partial charge on any atom is 0.266 e. The van der Waals surface area contributed by atoms with E-state index in [1.165, 1.54) is 5.82 Å². The van der Waals surface area contributed by atoms with Crippen LogP contribution in [0.15, 0.2) is 54.7 Å². The van der Waals surface area contributed by atoms with Gasteiger partial charge in [0.2, 0.25) is 0 Å². The summed E-state index contributed by atoms with van der Waals surface area (Å²) in [5, 5.41) is 4.14. The molecule has 2 heterocycles. The minimum absolute atomic E-state index is 0.0916. The van der Waals surface area contributed by atoms with Gasteiger partial charge in [-0.1, -0.05) is 35.3 Å². The van der Waals surface area contributed by atoms with E-state index < -0.39 is 0 Å². The normalized spacial score (nSPS) is 12.8. The third-order valence-electron chi connectivity index (χ3n) is 4.60. The maximum atomic E-state index is 12.5. The number of hydrogen-bond acceptors (Lipinski definition) is 1. The summed E-state index contributed by atoms with van der Waals surface area (Å²) in [4.78, 5) is 12.5. The summed E-state index contributed by atoms with van der Waals surface area (Å²) in [6.07, 6.45) is 4.10. The monoisotopic (exact) mass is 386 g/mol. The zero-order valence-corrected chi connectivity index (χ0v) is 15.6. The lowest BCUT2D eigenvalue weighted by Gasteiger charge is -2.05. The smallest absolute Gasteiger partial charge is 0.266 e. The lowest BCUT2D eigenvalue weighted by Crippen LogP contribution is -2.42. The first kappa shape index (κ1) is 17.1. The molecule has 132 valence electrons. The number of halogens is 2. The molecule has 0 radical (unpaired) electrons. The number of nitrogens with one attached hydrogen (secondary N) is 1. The van der Waals surface area contributed by atoms with Crippen molar-refractivity contribution in [2.75, 3.05) is 5.32 Å². The highest BCUT2D eigenvalue weighted by Gasteiger charge is 2.29. The average Bonchev–Trinajstić information content (AvgIpc) is 3.22. The van der Waals surface area contributed by atoms with Crippen molar-refractivity contribution in [3.05, 3.63) is 70.6 Å². The molecule has 3 aromatic rings. The predicted molar refractivity (Wildman–Crippen MR) is 103 cm³/mol. The van der Waals surface area contributed by atoms with Crippen LogP contribution >= 0.6 is 23.2 Å². The van der Waals surface area contributed by atoms with Gasteiger partial charge >= 0.3 is 0 Å². The molecule has 0 bridgehead atoms. The molecular weight excluding hydrogens is 369 g/mol. The molecule has 0 atom stereocenters. The molecule has 6 heteroatoms. The average molecular weight is 387 g/mol. The molecule has 0 aliphatic carbocycles. The number of aromatic nitrogens is 2. The Balaban J connectivity index is 1.59. The fourth-order valence-corrected chi connectivity index (χ4v) is 3.71. The second kappa shape index (κ2) is 7.14. The highest BCUT2D eigenvalue weighted by molar-refractivity contribution is 6.33. The van der Waals surface area contributed by atoms with Crippen LogP contribution in [0.25, 0.3) is 11.3 Å². The molecule has 4 rings (SSSR count). The summed E-state index contributed by atoms with van der Waals surface area (Å²) in [6.45, 7) is 1.22. The van der Waals surface area contributed by atoms with Crippen molar-refractivity contribution in [1.82, 2.24) is 4.57 Å². The van der Waals surface area contributed by atoms with Gasteiger partial charge in [-0.25, -0.2) is 9.13 Å². The Morgan fingerprint density at radius 1 is 1.12 bits per heavy atom. The second-order valence-electron chi connectivity index (χ2n) is 6.35. The topological polar surface area (TPSA) is 37.9 Å². The van der Waals surface area contributed by atoms with Crippen LogP contribution in [0, 0.1) is 0 Å². The molecule has 1 aromatic heterocycles. The third-order valence-corrected chi connectivity index (χ3v) is 5.18. The Hall–Kier alpha value is -2.30. The molecule has 1 aliphatic heterocycles. The molecule has 0 fully saturated rings. The van der Waals surface area contributed by atoms with Gasteiger partial charge in [0.05, 0.1) is 23.7 Å². The summed E-state index contributed by atoms with van der Waals surface area (Å²) in [5.41, 5.74) is 2.84. The molecule has 1 aliphatic rings. The Bertz CT molecular complexity index is 964. The Kier molecular flexibility index (Phi) is 4.70. The zero-order chi connectivity index (χ0) is 18.1. The molecule has 0 spiro atoms. The van der Waals surface area contributed by atoms with E-state index >= 15 is 0 Å². The van der Waals surface area contributed by atoms with Gasteiger partial charge in [-0.15, -0.1) is 0 Å². The molecule has 1 amide bonds. The van der Waals surface area contributed by atoms with E-state index in [0.29, 0.717) is 15.7 Å². The lowest BCUT2D eigenvalue weighted by molar-refractivity contribution is -0.690. The van der Waals surface area contributed by atoms with Gasteiger partial charge in [0.1, 0.15) is 6.20 Å². The number of amides is 1. The molecule has 26 heavy (non-hydrogen) atoms. The van der Waals surface area contributed by atoms with Crippen molar-refractivity contribution in [3.63, 3.8) is 0 Å². The van der Waals surface area contributed by atoms with E-state index in [9.17, 15) is 4.79 Å². The molecule has 0 unspecified atom stereocenters. The third kappa shape index (κ3) is 3.35. The Morgan fingerprint density at radius 2 is 1.88 bits per heavy atom. The highest BCUT2D eigenvalue weighted by Crippen LogP contribution is 2.26. The summed E-state index contributed by atoms with van der Waals surface area (Å²) >= 11 is 12.1. The van der Waals surface area contributed by atoms with Gasteiger partial charge < -0.3 is 5.32 Å². The number of para-hydroxylation sites is 1. The van der Waals surface area contributed by atoms with Crippen molar-refractivity contribution < 1.29 is 9.36 Å². The van der Waals surface area contributed by atoms with Crippen LogP contribution in [0.3, 0.4) is 0 Å². The Labute approximate surface area is 162 Å². The van der Waals surface area contributed by atoms with E-state index in [4.69, 9.17) is 23.2 Å². The largest absolute Gasteiger partial charge is 0.321 e. The molecule has 0 saturated carbocycles. The number of carbonyl (C=O) groups excluding carboxylic acids is 1. The van der Waals surface area contributed by atoms with Crippen LogP contribution in [-0.4, -0.2) is 10.5 Å². The summed E-state index contributed by atoms with van der Waals surface area (Å²) in [7, 11) is 0. The number of imidazole rings is 1. The number of benzene rings is 2. The van der Waals surface area contributed by atoms with Crippen molar-refractivity contribution >= 4 is 34.8 Å². The van der Waals surface area contributed by atoms with Crippen LogP contribution in [0.2, 0.25) is 10.0 Å². The quantitative estimate of drug-likeness (QED) is 0.665. The van der Waals surface area contributed by atoms with E-state index in [-0.39, 0.29) is 12.5 Å². The van der Waals surface area contributed by atoms with Crippen molar-refractivity contribution in [1.29, 1.82) is 0 Å². The predicted octanol–water partition coefficient (Wildman–Crippen LogP) is 4.33. The number of nitrogens with zero attached hydrogens (tertiary/aromatic N) is 2. The molecule has 4 nitrogen and oxygen atoms in total. The zero-order valence-electron chi connectivity index (χ0n) is 14.1. The molecule has 2 aromatic carbocycles. The summed E-state index contributed by atoms with van der Waals surface area (Å²) in [5.74, 6) is 1.08. The van der Waals surface area contributed by atoms with Gasteiger partial charge in [-0.05, 0) is 42.8 Å². The number of hydrogen-bond donors (Lipinski definition) is 1. The van der Waals surface area contributed by atoms with Gasteiger partial charge in [-0.2, -0.15) is 0 Å². The summed E-state index contributed by atoms with van der Waals surface area (Å²) in [6, 6.07) is 15.1. The highest BCUT2D eigenvalue weighted by atomic mass is 35.5. The first-order valence-electron chi connectivity index (χ1n) is 8.54.